The number of carbonyl (C=O) groups is 4. The van der Waals surface area contributed by atoms with Crippen molar-refractivity contribution in [3.63, 3.8) is 0 Å². The highest BCUT2D eigenvalue weighted by atomic mass is 16.5. The third-order valence-electron chi connectivity index (χ3n) is 5.46. The standard InChI is InChI=1S/C24H35N3O7/c1-16(2)34-11-5-8-25-22(29)17-6-9-27(10-7-17)15-21(28)26-20-13-18(23(30)32-3)12-19(14-20)24(31)33-4/h12-14,16-17H,5-11,15H2,1-4H3,(H,25,29)(H,26,28). The fraction of sp³-hybridized carbons (Fsp3) is 0.583. The third-order valence-corrected chi connectivity index (χ3v) is 5.46. The molecule has 0 aliphatic carbocycles. The third kappa shape index (κ3) is 8.75. The number of hydrogen-bond acceptors (Lipinski definition) is 8. The van der Waals surface area contributed by atoms with Crippen molar-refractivity contribution in [2.45, 2.75) is 39.2 Å². The number of hydrogen-bond donors (Lipinski definition) is 2. The van der Waals surface area contributed by atoms with Gasteiger partial charge in [-0.15, -0.1) is 0 Å². The first-order valence-electron chi connectivity index (χ1n) is 11.5. The second-order valence-corrected chi connectivity index (χ2v) is 8.44. The van der Waals surface area contributed by atoms with Gasteiger partial charge < -0.3 is 24.8 Å². The van der Waals surface area contributed by atoms with Gasteiger partial charge in [-0.05, 0) is 64.4 Å². The monoisotopic (exact) mass is 477 g/mol. The maximum atomic E-state index is 12.6. The Bertz CT molecular complexity index is 830. The number of ether oxygens (including phenoxy) is 3. The zero-order chi connectivity index (χ0) is 25.1. The van der Waals surface area contributed by atoms with Crippen LogP contribution < -0.4 is 10.6 Å². The average Bonchev–Trinajstić information content (AvgIpc) is 2.82. The first-order chi connectivity index (χ1) is 16.2. The summed E-state index contributed by atoms with van der Waals surface area (Å²) in [5.74, 6) is -1.57. The molecule has 0 atom stereocenters. The van der Waals surface area contributed by atoms with E-state index in [-0.39, 0.29) is 41.5 Å². The molecule has 10 heteroatoms. The van der Waals surface area contributed by atoms with E-state index in [2.05, 4.69) is 10.6 Å². The lowest BCUT2D eigenvalue weighted by molar-refractivity contribution is -0.126. The Hall–Kier alpha value is -2.98. The summed E-state index contributed by atoms with van der Waals surface area (Å²) in [5, 5.41) is 5.68. The normalized spacial score (nSPS) is 14.5. The lowest BCUT2D eigenvalue weighted by atomic mass is 9.96. The highest BCUT2D eigenvalue weighted by Crippen LogP contribution is 2.19. The van der Waals surface area contributed by atoms with Crippen molar-refractivity contribution in [3.05, 3.63) is 29.3 Å². The molecule has 1 heterocycles. The Morgan fingerprint density at radius 2 is 1.59 bits per heavy atom. The SMILES string of the molecule is COC(=O)c1cc(NC(=O)CN2CCC(C(=O)NCCCOC(C)C)CC2)cc(C(=O)OC)c1. The van der Waals surface area contributed by atoms with E-state index in [0.717, 1.165) is 6.42 Å². The summed E-state index contributed by atoms with van der Waals surface area (Å²) in [6, 6.07) is 4.23. The number of amides is 2. The van der Waals surface area contributed by atoms with Gasteiger partial charge in [0.1, 0.15) is 0 Å². The lowest BCUT2D eigenvalue weighted by Gasteiger charge is -2.30. The van der Waals surface area contributed by atoms with Gasteiger partial charge in [0.05, 0.1) is 38.0 Å². The van der Waals surface area contributed by atoms with Crippen molar-refractivity contribution in [1.82, 2.24) is 10.2 Å². The molecule has 1 aromatic rings. The van der Waals surface area contributed by atoms with E-state index in [1.54, 1.807) is 0 Å². The number of likely N-dealkylation sites (tertiary alicyclic amines) is 1. The van der Waals surface area contributed by atoms with Crippen LogP contribution in [0.15, 0.2) is 18.2 Å². The fourth-order valence-electron chi connectivity index (χ4n) is 3.68. The molecule has 0 aromatic heterocycles. The van der Waals surface area contributed by atoms with E-state index >= 15 is 0 Å². The topological polar surface area (TPSA) is 123 Å². The molecule has 34 heavy (non-hydrogen) atoms. The van der Waals surface area contributed by atoms with Crippen LogP contribution in [0.2, 0.25) is 0 Å². The molecular formula is C24H35N3O7. The number of piperidine rings is 1. The molecule has 2 rings (SSSR count). The predicted octanol–water partition coefficient (Wildman–Crippen LogP) is 1.84. The Balaban J connectivity index is 1.82. The van der Waals surface area contributed by atoms with Crippen molar-refractivity contribution in [1.29, 1.82) is 0 Å². The quantitative estimate of drug-likeness (QED) is 0.366. The Kier molecular flexibility index (Phi) is 11.0. The van der Waals surface area contributed by atoms with Crippen molar-refractivity contribution in [3.8, 4) is 0 Å². The first kappa shape index (κ1) is 27.3. The largest absolute Gasteiger partial charge is 0.465 e. The van der Waals surface area contributed by atoms with E-state index < -0.39 is 11.9 Å². The fourth-order valence-corrected chi connectivity index (χ4v) is 3.68. The van der Waals surface area contributed by atoms with Crippen LogP contribution in [0.25, 0.3) is 0 Å². The van der Waals surface area contributed by atoms with E-state index in [1.165, 1.54) is 32.4 Å². The average molecular weight is 478 g/mol. The minimum absolute atomic E-state index is 0.0450. The van der Waals surface area contributed by atoms with Crippen LogP contribution in [-0.4, -0.2) is 81.8 Å². The van der Waals surface area contributed by atoms with Crippen LogP contribution in [0.5, 0.6) is 0 Å². The Morgan fingerprint density at radius 3 is 2.12 bits per heavy atom. The van der Waals surface area contributed by atoms with E-state index in [4.69, 9.17) is 14.2 Å². The molecule has 0 saturated carbocycles. The van der Waals surface area contributed by atoms with Gasteiger partial charge in [0.25, 0.3) is 0 Å². The number of anilines is 1. The molecule has 1 aliphatic rings. The van der Waals surface area contributed by atoms with E-state index in [9.17, 15) is 19.2 Å². The number of methoxy groups -OCH3 is 2. The molecule has 0 unspecified atom stereocenters. The molecule has 1 saturated heterocycles. The highest BCUT2D eigenvalue weighted by molar-refractivity contribution is 5.99. The molecule has 0 bridgehead atoms. The summed E-state index contributed by atoms with van der Waals surface area (Å²) >= 11 is 0. The van der Waals surface area contributed by atoms with E-state index in [0.29, 0.717) is 44.8 Å². The zero-order valence-corrected chi connectivity index (χ0v) is 20.3. The van der Waals surface area contributed by atoms with Crippen LogP contribution >= 0.6 is 0 Å². The number of rotatable bonds is 11. The molecule has 1 aliphatic heterocycles. The smallest absolute Gasteiger partial charge is 0.337 e. The number of nitrogens with zero attached hydrogens (tertiary/aromatic N) is 1. The summed E-state index contributed by atoms with van der Waals surface area (Å²) < 4.78 is 14.9. The highest BCUT2D eigenvalue weighted by Gasteiger charge is 2.26. The molecule has 0 spiro atoms. The number of nitrogens with one attached hydrogen (secondary N) is 2. The molecule has 2 amide bonds. The molecule has 188 valence electrons. The maximum absolute atomic E-state index is 12.6. The summed E-state index contributed by atoms with van der Waals surface area (Å²) in [5.41, 5.74) is 0.551. The Labute approximate surface area is 200 Å². The second kappa shape index (κ2) is 13.7. The van der Waals surface area contributed by atoms with Crippen LogP contribution in [0.1, 0.15) is 53.8 Å². The van der Waals surface area contributed by atoms with Gasteiger partial charge in [0, 0.05) is 24.8 Å². The zero-order valence-electron chi connectivity index (χ0n) is 20.3. The van der Waals surface area contributed by atoms with Crippen LogP contribution in [-0.2, 0) is 23.8 Å². The summed E-state index contributed by atoms with van der Waals surface area (Å²) in [6.45, 7) is 6.55. The lowest BCUT2D eigenvalue weighted by Crippen LogP contribution is -2.43. The van der Waals surface area contributed by atoms with Crippen molar-refractivity contribution in [2.75, 3.05) is 52.3 Å². The second-order valence-electron chi connectivity index (χ2n) is 8.44. The number of esters is 2. The van der Waals surface area contributed by atoms with Crippen molar-refractivity contribution >= 4 is 29.4 Å². The molecule has 2 N–H and O–H groups in total. The van der Waals surface area contributed by atoms with Crippen LogP contribution in [0.4, 0.5) is 5.69 Å². The summed E-state index contributed by atoms with van der Waals surface area (Å²) in [6.07, 6.45) is 2.30. The van der Waals surface area contributed by atoms with Crippen molar-refractivity contribution in [2.24, 2.45) is 5.92 Å². The number of carbonyl (C=O) groups excluding carboxylic acids is 4. The van der Waals surface area contributed by atoms with Gasteiger partial charge in [-0.2, -0.15) is 0 Å². The van der Waals surface area contributed by atoms with Crippen LogP contribution in [0.3, 0.4) is 0 Å². The minimum atomic E-state index is -0.631. The van der Waals surface area contributed by atoms with Gasteiger partial charge in [-0.3, -0.25) is 14.5 Å². The van der Waals surface area contributed by atoms with Gasteiger partial charge in [0.15, 0.2) is 0 Å². The van der Waals surface area contributed by atoms with Crippen LogP contribution in [0, 0.1) is 5.92 Å². The van der Waals surface area contributed by atoms with Gasteiger partial charge >= 0.3 is 11.9 Å². The molecule has 1 fully saturated rings. The predicted molar refractivity (Wildman–Crippen MR) is 126 cm³/mol. The molecular weight excluding hydrogens is 442 g/mol. The molecule has 10 nitrogen and oxygen atoms in total. The van der Waals surface area contributed by atoms with Crippen molar-refractivity contribution < 1.29 is 33.4 Å². The van der Waals surface area contributed by atoms with Gasteiger partial charge in [-0.25, -0.2) is 9.59 Å². The maximum Gasteiger partial charge on any atom is 0.337 e. The van der Waals surface area contributed by atoms with E-state index in [1.807, 2.05) is 18.7 Å². The van der Waals surface area contributed by atoms with Gasteiger partial charge in [0.2, 0.25) is 11.8 Å². The summed E-state index contributed by atoms with van der Waals surface area (Å²) in [4.78, 5) is 50.7. The molecule has 1 aromatic carbocycles. The summed E-state index contributed by atoms with van der Waals surface area (Å²) in [7, 11) is 2.47. The molecule has 0 radical (unpaired) electrons. The number of benzene rings is 1. The first-order valence-corrected chi connectivity index (χ1v) is 11.5. The minimum Gasteiger partial charge on any atom is -0.465 e. The Morgan fingerprint density at radius 1 is 1.00 bits per heavy atom. The van der Waals surface area contributed by atoms with Gasteiger partial charge in [-0.1, -0.05) is 0 Å².